The minimum absolute atomic E-state index is 0.354. The fourth-order valence-corrected chi connectivity index (χ4v) is 1.19. The molecule has 0 atom stereocenters. The summed E-state index contributed by atoms with van der Waals surface area (Å²) in [5.74, 6) is -0.758. The molecule has 0 aromatic heterocycles. The molecule has 0 unspecified atom stereocenters. The molecular formula is C9H8N4O7. The normalized spacial score (nSPS) is 9.70. The molecule has 0 saturated carbocycles. The van der Waals surface area contributed by atoms with Crippen LogP contribution in [0.4, 0.5) is 17.1 Å². The lowest BCUT2D eigenvalue weighted by Crippen LogP contribution is -2.01. The molecule has 1 aromatic rings. The highest BCUT2D eigenvalue weighted by Crippen LogP contribution is 2.40. The lowest BCUT2D eigenvalue weighted by Gasteiger charge is -2.02. The van der Waals surface area contributed by atoms with Crippen molar-refractivity contribution in [2.75, 3.05) is 0 Å². The molecule has 106 valence electrons. The second-order valence-electron chi connectivity index (χ2n) is 3.71. The monoisotopic (exact) mass is 284 g/mol. The fraction of sp³-hybridized carbons (Fsp3) is 0.222. The minimum atomic E-state index is -1.02. The summed E-state index contributed by atoms with van der Waals surface area (Å²) in [5.41, 5.74) is -2.24. The Labute approximate surface area is 110 Å². The molecule has 0 heterocycles. The van der Waals surface area contributed by atoms with Gasteiger partial charge in [0.1, 0.15) is 0 Å². The van der Waals surface area contributed by atoms with Crippen LogP contribution in [-0.2, 0) is 0 Å². The highest BCUT2D eigenvalue weighted by molar-refractivity contribution is 5.78. The number of oxime groups is 1. The van der Waals surface area contributed by atoms with Gasteiger partial charge in [-0.2, -0.15) is 0 Å². The summed E-state index contributed by atoms with van der Waals surface area (Å²) in [5, 5.41) is 35.7. The Balaban J connectivity index is 3.59. The maximum absolute atomic E-state index is 10.8. The summed E-state index contributed by atoms with van der Waals surface area (Å²) in [6, 6.07) is 1.14. The summed E-state index contributed by atoms with van der Waals surface area (Å²) in [4.78, 5) is 34.0. The van der Waals surface area contributed by atoms with Gasteiger partial charge in [0.05, 0.1) is 32.6 Å². The smallest absolute Gasteiger partial charge is 0.328 e. The van der Waals surface area contributed by atoms with Crippen LogP contribution in [0.2, 0.25) is 0 Å². The molecule has 0 aliphatic heterocycles. The molecule has 0 N–H and O–H groups in total. The van der Waals surface area contributed by atoms with Crippen molar-refractivity contribution >= 4 is 22.8 Å². The largest absolute Gasteiger partial charge is 0.342 e. The van der Waals surface area contributed by atoms with E-state index < -0.39 is 37.6 Å². The van der Waals surface area contributed by atoms with Crippen molar-refractivity contribution in [1.82, 2.24) is 0 Å². The van der Waals surface area contributed by atoms with Crippen molar-refractivity contribution in [3.8, 4) is 5.75 Å². The van der Waals surface area contributed by atoms with Crippen LogP contribution in [0.15, 0.2) is 17.3 Å². The van der Waals surface area contributed by atoms with E-state index in [1.807, 2.05) is 0 Å². The van der Waals surface area contributed by atoms with Crippen molar-refractivity contribution in [3.63, 3.8) is 0 Å². The molecular weight excluding hydrogens is 276 g/mol. The van der Waals surface area contributed by atoms with E-state index in [-0.39, 0.29) is 0 Å². The van der Waals surface area contributed by atoms with Crippen LogP contribution in [-0.4, -0.2) is 20.5 Å². The maximum atomic E-state index is 10.8. The van der Waals surface area contributed by atoms with Crippen molar-refractivity contribution in [3.05, 3.63) is 42.5 Å². The van der Waals surface area contributed by atoms with Crippen LogP contribution in [0.5, 0.6) is 5.75 Å². The van der Waals surface area contributed by atoms with Crippen molar-refractivity contribution in [2.24, 2.45) is 5.16 Å². The Morgan fingerprint density at radius 3 is 1.75 bits per heavy atom. The Morgan fingerprint density at radius 2 is 1.45 bits per heavy atom. The van der Waals surface area contributed by atoms with Gasteiger partial charge in [0.15, 0.2) is 0 Å². The summed E-state index contributed by atoms with van der Waals surface area (Å²) >= 11 is 0. The first-order valence-corrected chi connectivity index (χ1v) is 5.03. The molecule has 20 heavy (non-hydrogen) atoms. The van der Waals surface area contributed by atoms with Crippen molar-refractivity contribution in [2.45, 2.75) is 13.8 Å². The molecule has 0 aliphatic carbocycles. The van der Waals surface area contributed by atoms with E-state index in [0.29, 0.717) is 17.8 Å². The third-order valence-corrected chi connectivity index (χ3v) is 1.96. The number of nitro benzene ring substituents is 3. The maximum Gasteiger partial charge on any atom is 0.328 e. The molecule has 0 fully saturated rings. The van der Waals surface area contributed by atoms with Crippen LogP contribution in [0.25, 0.3) is 0 Å². The quantitative estimate of drug-likeness (QED) is 0.456. The average molecular weight is 284 g/mol. The van der Waals surface area contributed by atoms with Gasteiger partial charge >= 0.3 is 17.1 Å². The molecule has 1 aromatic carbocycles. The van der Waals surface area contributed by atoms with Crippen LogP contribution in [0.3, 0.4) is 0 Å². The summed E-state index contributed by atoms with van der Waals surface area (Å²) < 4.78 is 0. The van der Waals surface area contributed by atoms with E-state index >= 15 is 0 Å². The van der Waals surface area contributed by atoms with Gasteiger partial charge in [0.25, 0.3) is 5.69 Å². The number of benzene rings is 1. The van der Waals surface area contributed by atoms with Gasteiger partial charge in [-0.05, 0) is 13.8 Å². The van der Waals surface area contributed by atoms with Gasteiger partial charge in [-0.25, -0.2) is 0 Å². The zero-order chi connectivity index (χ0) is 15.4. The molecule has 0 spiro atoms. The first kappa shape index (κ1) is 14.9. The molecule has 0 saturated heterocycles. The molecule has 0 aliphatic rings. The second-order valence-corrected chi connectivity index (χ2v) is 3.71. The van der Waals surface area contributed by atoms with Crippen molar-refractivity contribution in [1.29, 1.82) is 0 Å². The van der Waals surface area contributed by atoms with E-state index in [0.717, 1.165) is 0 Å². The number of hydrogen-bond acceptors (Lipinski definition) is 8. The number of nitro groups is 3. The van der Waals surface area contributed by atoms with Gasteiger partial charge in [0, 0.05) is 0 Å². The lowest BCUT2D eigenvalue weighted by molar-refractivity contribution is -0.404. The second kappa shape index (κ2) is 5.69. The minimum Gasteiger partial charge on any atom is -0.342 e. The Hall–Kier alpha value is -3.11. The van der Waals surface area contributed by atoms with E-state index in [1.165, 1.54) is 13.8 Å². The third kappa shape index (κ3) is 3.22. The van der Waals surface area contributed by atoms with Crippen LogP contribution in [0, 0.1) is 30.3 Å². The predicted molar refractivity (Wildman–Crippen MR) is 65.8 cm³/mol. The molecule has 0 bridgehead atoms. The van der Waals surface area contributed by atoms with Crippen molar-refractivity contribution < 1.29 is 19.6 Å². The molecule has 0 radical (unpaired) electrons. The highest BCUT2D eigenvalue weighted by Gasteiger charge is 2.32. The van der Waals surface area contributed by atoms with Crippen LogP contribution in [0.1, 0.15) is 13.8 Å². The number of non-ortho nitro benzene ring substituents is 1. The van der Waals surface area contributed by atoms with E-state index in [1.54, 1.807) is 0 Å². The first-order chi connectivity index (χ1) is 9.23. The van der Waals surface area contributed by atoms with E-state index in [2.05, 4.69) is 9.99 Å². The number of rotatable bonds is 5. The predicted octanol–water partition coefficient (Wildman–Crippen LogP) is 2.19. The summed E-state index contributed by atoms with van der Waals surface area (Å²) in [6.07, 6.45) is 0. The van der Waals surface area contributed by atoms with E-state index in [9.17, 15) is 30.3 Å². The van der Waals surface area contributed by atoms with E-state index in [4.69, 9.17) is 0 Å². The summed E-state index contributed by atoms with van der Waals surface area (Å²) in [6.45, 7) is 3.01. The van der Waals surface area contributed by atoms with Gasteiger partial charge < -0.3 is 4.84 Å². The van der Waals surface area contributed by atoms with Gasteiger partial charge in [-0.1, -0.05) is 5.16 Å². The molecule has 11 heteroatoms. The van der Waals surface area contributed by atoms with Gasteiger partial charge in [0.2, 0.25) is 0 Å². The first-order valence-electron chi connectivity index (χ1n) is 5.03. The van der Waals surface area contributed by atoms with Crippen LogP contribution >= 0.6 is 0 Å². The molecule has 0 amide bonds. The Morgan fingerprint density at radius 1 is 1.00 bits per heavy atom. The Kier molecular flexibility index (Phi) is 4.25. The van der Waals surface area contributed by atoms with Gasteiger partial charge in [-0.3, -0.25) is 30.3 Å². The number of hydrogen-bond donors (Lipinski definition) is 0. The number of nitrogens with zero attached hydrogens (tertiary/aromatic N) is 4. The lowest BCUT2D eigenvalue weighted by atomic mass is 10.2. The van der Waals surface area contributed by atoms with Crippen LogP contribution < -0.4 is 4.84 Å². The molecule has 11 nitrogen and oxygen atoms in total. The zero-order valence-corrected chi connectivity index (χ0v) is 10.3. The third-order valence-electron chi connectivity index (χ3n) is 1.96. The SMILES string of the molecule is CC(C)=NOc1c([N+](=O)[O-])cc([N+](=O)[O-])cc1[N+](=O)[O-]. The average Bonchev–Trinajstić information content (AvgIpc) is 2.34. The Bertz CT molecular complexity index is 586. The summed E-state index contributed by atoms with van der Waals surface area (Å²) in [7, 11) is 0. The van der Waals surface area contributed by atoms with Gasteiger partial charge in [-0.15, -0.1) is 0 Å². The highest BCUT2D eigenvalue weighted by atomic mass is 16.7. The fourth-order valence-electron chi connectivity index (χ4n) is 1.19. The standard InChI is InChI=1S/C9H8N4O7/c1-5(2)10-20-9-7(12(16)17)3-6(11(14)15)4-8(9)13(18)19/h3-4H,1-2H3. The topological polar surface area (TPSA) is 151 Å². The molecule has 1 rings (SSSR count). The zero-order valence-electron chi connectivity index (χ0n) is 10.3.